The molecule has 0 aliphatic rings. The Morgan fingerprint density at radius 3 is 2.33 bits per heavy atom. The Kier molecular flexibility index (Phi) is 5.74. The molecule has 1 N–H and O–H groups in total. The van der Waals surface area contributed by atoms with Gasteiger partial charge in [0.05, 0.1) is 18.4 Å². The van der Waals surface area contributed by atoms with E-state index in [0.717, 1.165) is 11.1 Å². The summed E-state index contributed by atoms with van der Waals surface area (Å²) in [7, 11) is 1.27. The zero-order valence-corrected chi connectivity index (χ0v) is 15.2. The van der Waals surface area contributed by atoms with Crippen molar-refractivity contribution in [2.75, 3.05) is 12.4 Å². The lowest BCUT2D eigenvalue weighted by atomic mass is 10.0. The number of ether oxygens (including phenoxy) is 2. The average Bonchev–Trinajstić information content (AvgIpc) is 2.68. The first-order valence-corrected chi connectivity index (χ1v) is 8.47. The summed E-state index contributed by atoms with van der Waals surface area (Å²) in [4.78, 5) is 24.3. The lowest BCUT2D eigenvalue weighted by Gasteiger charge is -2.13. The van der Waals surface area contributed by atoms with Crippen LogP contribution in [0, 0.1) is 0 Å². The van der Waals surface area contributed by atoms with E-state index >= 15 is 0 Å². The molecule has 0 aliphatic heterocycles. The number of hydrogen-bond acceptors (Lipinski definition) is 4. The van der Waals surface area contributed by atoms with Crippen LogP contribution in [-0.2, 0) is 4.74 Å². The number of hydrogen-bond donors (Lipinski definition) is 1. The topological polar surface area (TPSA) is 64.6 Å². The maximum absolute atomic E-state index is 12.2. The molecule has 0 bridgehead atoms. The molecule has 0 atom stereocenters. The molecule has 0 unspecified atom stereocenters. The monoisotopic (exact) mass is 381 g/mol. The van der Waals surface area contributed by atoms with Crippen LogP contribution in [0.3, 0.4) is 0 Å². The number of methoxy groups -OCH3 is 1. The van der Waals surface area contributed by atoms with Crippen LogP contribution < -0.4 is 10.1 Å². The van der Waals surface area contributed by atoms with Crippen LogP contribution in [0.15, 0.2) is 72.8 Å². The molecular formula is C21H16ClNO4. The first-order chi connectivity index (χ1) is 13.1. The zero-order valence-electron chi connectivity index (χ0n) is 14.4. The van der Waals surface area contributed by atoms with E-state index in [2.05, 4.69) is 5.32 Å². The smallest absolute Gasteiger partial charge is 0.417 e. The molecule has 3 rings (SSSR count). The highest BCUT2D eigenvalue weighted by atomic mass is 35.5. The SMILES string of the molecule is COC(=O)c1ccc(-c2ccccc2Cl)cc1NC(=O)Oc1ccccc1. The number of esters is 1. The van der Waals surface area contributed by atoms with Gasteiger partial charge in [-0.15, -0.1) is 0 Å². The molecule has 0 aromatic heterocycles. The van der Waals surface area contributed by atoms with Gasteiger partial charge in [0.25, 0.3) is 0 Å². The lowest BCUT2D eigenvalue weighted by Crippen LogP contribution is -2.19. The minimum atomic E-state index is -0.720. The van der Waals surface area contributed by atoms with E-state index < -0.39 is 12.1 Å². The number of carbonyl (C=O) groups excluding carboxylic acids is 2. The molecule has 0 heterocycles. The minimum absolute atomic E-state index is 0.207. The quantitative estimate of drug-likeness (QED) is 0.614. The third-order valence-electron chi connectivity index (χ3n) is 3.80. The van der Waals surface area contributed by atoms with Crippen LogP contribution in [0.1, 0.15) is 10.4 Å². The summed E-state index contributed by atoms with van der Waals surface area (Å²) in [6.07, 6.45) is -0.720. The molecule has 0 saturated heterocycles. The third kappa shape index (κ3) is 4.46. The van der Waals surface area contributed by atoms with Gasteiger partial charge in [-0.05, 0) is 35.9 Å². The molecule has 3 aromatic rings. The Bertz CT molecular complexity index is 973. The molecule has 1 amide bonds. The van der Waals surface area contributed by atoms with E-state index in [9.17, 15) is 9.59 Å². The zero-order chi connectivity index (χ0) is 19.2. The van der Waals surface area contributed by atoms with Gasteiger partial charge in [0, 0.05) is 10.6 Å². The maximum atomic E-state index is 12.2. The second kappa shape index (κ2) is 8.38. The minimum Gasteiger partial charge on any atom is -0.465 e. The molecule has 0 spiro atoms. The number of halogens is 1. The molecule has 5 nitrogen and oxygen atoms in total. The summed E-state index contributed by atoms with van der Waals surface area (Å²) in [6, 6.07) is 20.9. The summed E-state index contributed by atoms with van der Waals surface area (Å²) in [5.74, 6) is -0.187. The van der Waals surface area contributed by atoms with Crippen LogP contribution in [0.25, 0.3) is 11.1 Å². The van der Waals surface area contributed by atoms with Crippen molar-refractivity contribution in [3.63, 3.8) is 0 Å². The summed E-state index contributed by atoms with van der Waals surface area (Å²) in [5.41, 5.74) is 1.98. The summed E-state index contributed by atoms with van der Waals surface area (Å²) < 4.78 is 10.0. The number of para-hydroxylation sites is 1. The maximum Gasteiger partial charge on any atom is 0.417 e. The van der Waals surface area contributed by atoms with Crippen molar-refractivity contribution in [2.45, 2.75) is 0 Å². The van der Waals surface area contributed by atoms with Gasteiger partial charge >= 0.3 is 12.1 Å². The van der Waals surface area contributed by atoms with Gasteiger partial charge < -0.3 is 9.47 Å². The van der Waals surface area contributed by atoms with Crippen molar-refractivity contribution in [3.8, 4) is 16.9 Å². The molecule has 3 aromatic carbocycles. The van der Waals surface area contributed by atoms with Gasteiger partial charge in [-0.2, -0.15) is 0 Å². The number of nitrogens with one attached hydrogen (secondary N) is 1. The van der Waals surface area contributed by atoms with Gasteiger partial charge in [-0.25, -0.2) is 9.59 Å². The van der Waals surface area contributed by atoms with Crippen molar-refractivity contribution >= 4 is 29.4 Å². The number of benzene rings is 3. The molecule has 136 valence electrons. The number of rotatable bonds is 4. The molecule has 0 radical (unpaired) electrons. The summed E-state index contributed by atoms with van der Waals surface area (Å²) in [6.45, 7) is 0. The van der Waals surface area contributed by atoms with E-state index in [4.69, 9.17) is 21.1 Å². The van der Waals surface area contributed by atoms with Gasteiger partial charge in [0.1, 0.15) is 5.75 Å². The van der Waals surface area contributed by atoms with Gasteiger partial charge in [0.2, 0.25) is 0 Å². The highest BCUT2D eigenvalue weighted by Crippen LogP contribution is 2.31. The normalized spacial score (nSPS) is 10.1. The van der Waals surface area contributed by atoms with Crippen LogP contribution >= 0.6 is 11.6 Å². The Labute approximate surface area is 161 Å². The van der Waals surface area contributed by atoms with E-state index in [-0.39, 0.29) is 11.3 Å². The van der Waals surface area contributed by atoms with Crippen LogP contribution in [0.4, 0.5) is 10.5 Å². The van der Waals surface area contributed by atoms with Crippen LogP contribution in [0.5, 0.6) is 5.75 Å². The molecule has 6 heteroatoms. The second-order valence-electron chi connectivity index (χ2n) is 5.56. The molecule has 0 aliphatic carbocycles. The van der Waals surface area contributed by atoms with Crippen LogP contribution in [-0.4, -0.2) is 19.2 Å². The van der Waals surface area contributed by atoms with Gasteiger partial charge in [0.15, 0.2) is 0 Å². The fourth-order valence-corrected chi connectivity index (χ4v) is 2.77. The standard InChI is InChI=1S/C21H16ClNO4/c1-26-20(24)17-12-11-14(16-9-5-6-10-18(16)22)13-19(17)23-21(25)27-15-7-3-2-4-8-15/h2-13H,1H3,(H,23,25). The highest BCUT2D eigenvalue weighted by Gasteiger charge is 2.17. The molecule has 0 saturated carbocycles. The second-order valence-corrected chi connectivity index (χ2v) is 5.97. The summed E-state index contributed by atoms with van der Waals surface area (Å²) >= 11 is 6.25. The van der Waals surface area contributed by atoms with E-state index in [1.807, 2.05) is 24.3 Å². The van der Waals surface area contributed by atoms with Crippen LogP contribution in [0.2, 0.25) is 5.02 Å². The Balaban J connectivity index is 1.93. The first-order valence-electron chi connectivity index (χ1n) is 8.09. The predicted molar refractivity (Wildman–Crippen MR) is 104 cm³/mol. The van der Waals surface area contributed by atoms with E-state index in [1.54, 1.807) is 48.5 Å². The van der Waals surface area contributed by atoms with Crippen molar-refractivity contribution < 1.29 is 19.1 Å². The van der Waals surface area contributed by atoms with Gasteiger partial charge in [-0.1, -0.05) is 54.1 Å². The molecular weight excluding hydrogens is 366 g/mol. The Morgan fingerprint density at radius 1 is 0.926 bits per heavy atom. The van der Waals surface area contributed by atoms with Gasteiger partial charge in [-0.3, -0.25) is 5.32 Å². The fourth-order valence-electron chi connectivity index (χ4n) is 2.53. The predicted octanol–water partition coefficient (Wildman–Crippen LogP) is 5.40. The van der Waals surface area contributed by atoms with Crippen molar-refractivity contribution in [1.29, 1.82) is 0 Å². The first kappa shape index (κ1) is 18.5. The lowest BCUT2D eigenvalue weighted by molar-refractivity contribution is 0.0602. The Hall–Kier alpha value is -3.31. The van der Waals surface area contributed by atoms with E-state index in [1.165, 1.54) is 7.11 Å². The number of amides is 1. The average molecular weight is 382 g/mol. The Morgan fingerprint density at radius 2 is 1.63 bits per heavy atom. The number of carbonyl (C=O) groups is 2. The number of anilines is 1. The molecule has 27 heavy (non-hydrogen) atoms. The van der Waals surface area contributed by atoms with Crippen molar-refractivity contribution in [1.82, 2.24) is 0 Å². The van der Waals surface area contributed by atoms with Crippen molar-refractivity contribution in [3.05, 3.63) is 83.4 Å². The summed E-state index contributed by atoms with van der Waals surface area (Å²) in [5, 5.41) is 3.16. The largest absolute Gasteiger partial charge is 0.465 e. The molecule has 0 fully saturated rings. The third-order valence-corrected chi connectivity index (χ3v) is 4.13. The van der Waals surface area contributed by atoms with E-state index in [0.29, 0.717) is 10.8 Å². The fraction of sp³-hybridized carbons (Fsp3) is 0.0476. The van der Waals surface area contributed by atoms with Crippen molar-refractivity contribution in [2.24, 2.45) is 0 Å². The highest BCUT2D eigenvalue weighted by molar-refractivity contribution is 6.33.